The van der Waals surface area contributed by atoms with E-state index in [0.29, 0.717) is 0 Å². The zero-order valence-corrected chi connectivity index (χ0v) is 4.37. The van der Waals surface area contributed by atoms with Gasteiger partial charge < -0.3 is 0 Å². The van der Waals surface area contributed by atoms with Crippen molar-refractivity contribution in [1.82, 2.24) is 0 Å². The van der Waals surface area contributed by atoms with E-state index in [4.69, 9.17) is 0 Å². The summed E-state index contributed by atoms with van der Waals surface area (Å²) in [6, 6.07) is 0. The third-order valence-corrected chi connectivity index (χ3v) is 0.899. The Morgan fingerprint density at radius 1 is 1.50 bits per heavy atom. The number of hydrogen-bond acceptors (Lipinski definition) is 1. The minimum absolute atomic E-state index is 0.0764. The standard InChI is InChI=1S/C6H6NO/c1-7-5-3-2-4-6(7)8/h2-5H,1H2/q+1. The van der Waals surface area contributed by atoms with Gasteiger partial charge >= 0.3 is 5.91 Å². The molecule has 0 saturated heterocycles. The van der Waals surface area contributed by atoms with Gasteiger partial charge in [0.15, 0.2) is 6.20 Å². The second-order valence-electron chi connectivity index (χ2n) is 1.51. The van der Waals surface area contributed by atoms with Crippen LogP contribution in [0.1, 0.15) is 0 Å². The average Bonchev–Trinajstić information content (AvgIpc) is 1.77. The molecule has 8 heavy (non-hydrogen) atoms. The van der Waals surface area contributed by atoms with Crippen molar-refractivity contribution in [3.8, 4) is 0 Å². The molecule has 1 heterocycles. The number of hydrogen-bond donors (Lipinski definition) is 0. The van der Waals surface area contributed by atoms with E-state index in [9.17, 15) is 4.79 Å². The molecule has 0 saturated carbocycles. The summed E-state index contributed by atoms with van der Waals surface area (Å²) in [6.45, 7) is 3.42. The van der Waals surface area contributed by atoms with E-state index in [1.807, 2.05) is 0 Å². The molecule has 0 aromatic heterocycles. The van der Waals surface area contributed by atoms with Crippen molar-refractivity contribution in [2.45, 2.75) is 0 Å². The number of amides is 1. The zero-order chi connectivity index (χ0) is 5.98. The summed E-state index contributed by atoms with van der Waals surface area (Å²) in [6.07, 6.45) is 6.52. The van der Waals surface area contributed by atoms with Crippen molar-refractivity contribution >= 4 is 12.6 Å². The molecule has 0 aromatic rings. The molecular formula is C6H6NO+. The summed E-state index contributed by atoms with van der Waals surface area (Å²) < 4.78 is 1.28. The van der Waals surface area contributed by atoms with Gasteiger partial charge in [-0.05, 0) is 6.08 Å². The Balaban J connectivity index is 2.89. The number of carbonyl (C=O) groups excluding carboxylic acids is 1. The lowest BCUT2D eigenvalue weighted by atomic mass is 10.4. The molecule has 0 atom stereocenters. The maximum Gasteiger partial charge on any atom is 0.416 e. The van der Waals surface area contributed by atoms with Crippen LogP contribution in [0.3, 0.4) is 0 Å². The number of allylic oxidation sites excluding steroid dienone is 2. The molecule has 0 unspecified atom stereocenters. The lowest BCUT2D eigenvalue weighted by Crippen LogP contribution is -2.11. The molecule has 1 rings (SSSR count). The molecular weight excluding hydrogens is 102 g/mol. The summed E-state index contributed by atoms with van der Waals surface area (Å²) >= 11 is 0. The van der Waals surface area contributed by atoms with Gasteiger partial charge in [-0.2, -0.15) is 0 Å². The van der Waals surface area contributed by atoms with Crippen LogP contribution in [0.15, 0.2) is 24.4 Å². The van der Waals surface area contributed by atoms with Crippen LogP contribution in [0.25, 0.3) is 0 Å². The maximum atomic E-state index is 10.5. The lowest BCUT2D eigenvalue weighted by molar-refractivity contribution is -0.367. The van der Waals surface area contributed by atoms with Gasteiger partial charge in [0.25, 0.3) is 0 Å². The van der Waals surface area contributed by atoms with Crippen molar-refractivity contribution in [3.05, 3.63) is 24.4 Å². The molecule has 2 heteroatoms. The van der Waals surface area contributed by atoms with Crippen LogP contribution in [0.2, 0.25) is 0 Å². The maximum absolute atomic E-state index is 10.5. The molecule has 40 valence electrons. The van der Waals surface area contributed by atoms with E-state index in [1.54, 1.807) is 18.4 Å². The summed E-state index contributed by atoms with van der Waals surface area (Å²) in [5.41, 5.74) is 0. The Kier molecular flexibility index (Phi) is 1.08. The van der Waals surface area contributed by atoms with Gasteiger partial charge in [0.2, 0.25) is 0 Å². The van der Waals surface area contributed by atoms with Gasteiger partial charge in [-0.15, -0.1) is 4.58 Å². The van der Waals surface area contributed by atoms with Crippen LogP contribution in [-0.2, 0) is 4.79 Å². The van der Waals surface area contributed by atoms with Crippen LogP contribution in [-0.4, -0.2) is 17.2 Å². The van der Waals surface area contributed by atoms with Gasteiger partial charge in [0.05, 0.1) is 6.08 Å². The Morgan fingerprint density at radius 3 is 2.62 bits per heavy atom. The fourth-order valence-electron chi connectivity index (χ4n) is 0.461. The first-order chi connectivity index (χ1) is 3.80. The normalized spacial score (nSPS) is 17.5. The quantitative estimate of drug-likeness (QED) is 0.409. The first-order valence-electron chi connectivity index (χ1n) is 2.29. The van der Waals surface area contributed by atoms with E-state index >= 15 is 0 Å². The Morgan fingerprint density at radius 2 is 2.25 bits per heavy atom. The first-order valence-corrected chi connectivity index (χ1v) is 2.29. The second-order valence-corrected chi connectivity index (χ2v) is 1.51. The van der Waals surface area contributed by atoms with E-state index in [-0.39, 0.29) is 5.91 Å². The monoisotopic (exact) mass is 108 g/mol. The molecule has 0 spiro atoms. The van der Waals surface area contributed by atoms with E-state index in [2.05, 4.69) is 6.72 Å². The topological polar surface area (TPSA) is 20.1 Å². The summed E-state index contributed by atoms with van der Waals surface area (Å²) in [7, 11) is 0. The SMILES string of the molecule is C=[N+]1C=CC=CC1=O. The van der Waals surface area contributed by atoms with E-state index < -0.39 is 0 Å². The van der Waals surface area contributed by atoms with Gasteiger partial charge in [0, 0.05) is 6.08 Å². The fraction of sp³-hybridized carbons (Fsp3) is 0. The van der Waals surface area contributed by atoms with Gasteiger partial charge in [-0.1, -0.05) is 0 Å². The number of nitrogens with zero attached hydrogens (tertiary/aromatic N) is 1. The Labute approximate surface area is 47.4 Å². The highest BCUT2D eigenvalue weighted by molar-refractivity contribution is 5.82. The third kappa shape index (κ3) is 0.729. The predicted octanol–water partition coefficient (Wildman–Crippen LogP) is 0.310. The molecule has 2 nitrogen and oxygen atoms in total. The number of carbonyl (C=O) groups is 1. The minimum Gasteiger partial charge on any atom is -0.214 e. The average molecular weight is 108 g/mol. The molecule has 1 aliphatic rings. The molecule has 0 N–H and O–H groups in total. The smallest absolute Gasteiger partial charge is 0.214 e. The summed E-state index contributed by atoms with van der Waals surface area (Å²) in [5, 5.41) is 0. The van der Waals surface area contributed by atoms with Crippen LogP contribution in [0, 0.1) is 0 Å². The van der Waals surface area contributed by atoms with E-state index in [1.165, 1.54) is 10.7 Å². The third-order valence-electron chi connectivity index (χ3n) is 0.899. The van der Waals surface area contributed by atoms with E-state index in [0.717, 1.165) is 0 Å². The molecule has 0 aliphatic carbocycles. The molecule has 0 radical (unpaired) electrons. The van der Waals surface area contributed by atoms with Crippen molar-refractivity contribution in [3.63, 3.8) is 0 Å². The second kappa shape index (κ2) is 1.74. The first kappa shape index (κ1) is 4.97. The fourth-order valence-corrected chi connectivity index (χ4v) is 0.461. The highest BCUT2D eigenvalue weighted by Crippen LogP contribution is 1.89. The highest BCUT2D eigenvalue weighted by atomic mass is 16.1. The Hall–Kier alpha value is -1.18. The predicted molar refractivity (Wildman–Crippen MR) is 30.7 cm³/mol. The van der Waals surface area contributed by atoms with Gasteiger partial charge in [-0.3, -0.25) is 0 Å². The van der Waals surface area contributed by atoms with Crippen molar-refractivity contribution < 1.29 is 9.37 Å². The van der Waals surface area contributed by atoms with Crippen LogP contribution >= 0.6 is 0 Å². The highest BCUT2D eigenvalue weighted by Gasteiger charge is 2.08. The van der Waals surface area contributed by atoms with Gasteiger partial charge in [0.1, 0.15) is 6.72 Å². The van der Waals surface area contributed by atoms with Crippen LogP contribution in [0.5, 0.6) is 0 Å². The van der Waals surface area contributed by atoms with Crippen molar-refractivity contribution in [2.75, 3.05) is 0 Å². The number of rotatable bonds is 0. The van der Waals surface area contributed by atoms with Crippen LogP contribution < -0.4 is 0 Å². The Bertz CT molecular complexity index is 167. The van der Waals surface area contributed by atoms with Crippen LogP contribution in [0.4, 0.5) is 0 Å². The van der Waals surface area contributed by atoms with Crippen molar-refractivity contribution in [2.24, 2.45) is 0 Å². The zero-order valence-electron chi connectivity index (χ0n) is 4.37. The summed E-state index contributed by atoms with van der Waals surface area (Å²) in [5.74, 6) is -0.0764. The molecule has 0 bridgehead atoms. The minimum atomic E-state index is -0.0764. The van der Waals surface area contributed by atoms with Crippen molar-refractivity contribution in [1.29, 1.82) is 0 Å². The molecule has 0 fully saturated rings. The molecule has 0 aromatic carbocycles. The lowest BCUT2D eigenvalue weighted by Gasteiger charge is -1.87. The van der Waals surface area contributed by atoms with Gasteiger partial charge in [-0.25, -0.2) is 4.79 Å². The molecule has 1 aliphatic heterocycles. The molecule has 1 amide bonds. The largest absolute Gasteiger partial charge is 0.416 e. The summed E-state index contributed by atoms with van der Waals surface area (Å²) in [4.78, 5) is 10.5.